The molecule has 0 aromatic heterocycles. The number of aryl methyl sites for hydroxylation is 4. The van der Waals surface area contributed by atoms with E-state index in [0.717, 1.165) is 22.7 Å². The Bertz CT molecular complexity index is 2620. The number of hydrogen-bond acceptors (Lipinski definition) is 2. The van der Waals surface area contributed by atoms with Crippen LogP contribution in [0.3, 0.4) is 0 Å². The fourth-order valence-corrected chi connectivity index (χ4v) is 8.65. The van der Waals surface area contributed by atoms with Gasteiger partial charge < -0.3 is 9.80 Å². The SMILES string of the molecule is Cc1cc(C)cc(N(c2ccc(-c3ccc(/C=C/c4ccc(-c5ccc(N(c6ccc(C(C)(C)C)cc6)c6cc(C)cc(C)c6)cc5)cc4)cc3)cc2)c2ccc(C(C)(C)C)cc2)c1. The van der Waals surface area contributed by atoms with Gasteiger partial charge in [-0.05, 0) is 178 Å². The summed E-state index contributed by atoms with van der Waals surface area (Å²) in [7, 11) is 0. The molecule has 0 aliphatic heterocycles. The van der Waals surface area contributed by atoms with E-state index in [0.29, 0.717) is 0 Å². The van der Waals surface area contributed by atoms with Crippen LogP contribution in [0.2, 0.25) is 0 Å². The highest BCUT2D eigenvalue weighted by Crippen LogP contribution is 2.40. The van der Waals surface area contributed by atoms with Crippen LogP contribution in [0.25, 0.3) is 34.4 Å². The summed E-state index contributed by atoms with van der Waals surface area (Å²) in [4.78, 5) is 4.73. The van der Waals surface area contributed by atoms with Gasteiger partial charge in [0.1, 0.15) is 0 Å². The first-order valence-electron chi connectivity index (χ1n) is 22.6. The van der Waals surface area contributed by atoms with Crippen LogP contribution in [0.5, 0.6) is 0 Å². The molecule has 0 aliphatic carbocycles. The molecule has 0 spiro atoms. The Hall–Kier alpha value is -6.90. The van der Waals surface area contributed by atoms with Gasteiger partial charge in [0.15, 0.2) is 0 Å². The molecule has 0 atom stereocenters. The Morgan fingerprint density at radius 3 is 0.766 bits per heavy atom. The van der Waals surface area contributed by atoms with E-state index < -0.39 is 0 Å². The van der Waals surface area contributed by atoms with Crippen molar-refractivity contribution in [3.8, 4) is 22.3 Å². The summed E-state index contributed by atoms with van der Waals surface area (Å²) < 4.78 is 0. The molecule has 0 N–H and O–H groups in total. The maximum atomic E-state index is 2.36. The van der Waals surface area contributed by atoms with E-state index in [-0.39, 0.29) is 10.8 Å². The maximum absolute atomic E-state index is 2.36. The van der Waals surface area contributed by atoms with E-state index >= 15 is 0 Å². The monoisotopic (exact) mass is 834 g/mol. The normalized spacial score (nSPS) is 11.8. The van der Waals surface area contributed by atoms with Gasteiger partial charge in [0.05, 0.1) is 0 Å². The zero-order chi connectivity index (χ0) is 45.2. The molecule has 320 valence electrons. The van der Waals surface area contributed by atoms with Crippen LogP contribution in [0.1, 0.15) is 86.1 Å². The van der Waals surface area contributed by atoms with Gasteiger partial charge in [-0.3, -0.25) is 0 Å². The second-order valence-corrected chi connectivity index (χ2v) is 19.6. The van der Waals surface area contributed by atoms with Crippen molar-refractivity contribution >= 4 is 46.3 Å². The van der Waals surface area contributed by atoms with Crippen molar-refractivity contribution in [1.82, 2.24) is 0 Å². The average molecular weight is 835 g/mol. The third-order valence-electron chi connectivity index (χ3n) is 12.1. The molecule has 8 aromatic carbocycles. The Kier molecular flexibility index (Phi) is 12.3. The summed E-state index contributed by atoms with van der Waals surface area (Å²) >= 11 is 0. The highest BCUT2D eigenvalue weighted by atomic mass is 15.1. The molecule has 8 aromatic rings. The lowest BCUT2D eigenvalue weighted by Gasteiger charge is -2.27. The summed E-state index contributed by atoms with van der Waals surface area (Å²) in [6.45, 7) is 22.3. The Labute approximate surface area is 383 Å². The zero-order valence-corrected chi connectivity index (χ0v) is 39.4. The maximum Gasteiger partial charge on any atom is 0.0466 e. The van der Waals surface area contributed by atoms with Gasteiger partial charge in [-0.1, -0.05) is 163 Å². The molecule has 2 nitrogen and oxygen atoms in total. The number of nitrogens with zero attached hydrogens (tertiary/aromatic N) is 2. The van der Waals surface area contributed by atoms with Crippen LogP contribution in [-0.2, 0) is 10.8 Å². The molecular weight excluding hydrogens is 773 g/mol. The molecule has 0 amide bonds. The second kappa shape index (κ2) is 18.1. The van der Waals surface area contributed by atoms with Crippen molar-refractivity contribution in [3.63, 3.8) is 0 Å². The largest absolute Gasteiger partial charge is 0.310 e. The van der Waals surface area contributed by atoms with Crippen molar-refractivity contribution in [3.05, 3.63) is 226 Å². The fourth-order valence-electron chi connectivity index (χ4n) is 8.65. The van der Waals surface area contributed by atoms with Gasteiger partial charge in [-0.25, -0.2) is 0 Å². The van der Waals surface area contributed by atoms with Gasteiger partial charge in [0.2, 0.25) is 0 Å². The Morgan fingerprint density at radius 1 is 0.281 bits per heavy atom. The predicted octanol–water partition coefficient (Wildman–Crippen LogP) is 18.0. The number of anilines is 6. The van der Waals surface area contributed by atoms with E-state index in [9.17, 15) is 0 Å². The van der Waals surface area contributed by atoms with E-state index in [4.69, 9.17) is 0 Å². The van der Waals surface area contributed by atoms with Crippen LogP contribution >= 0.6 is 0 Å². The third-order valence-corrected chi connectivity index (χ3v) is 12.1. The van der Waals surface area contributed by atoms with Gasteiger partial charge in [0.25, 0.3) is 0 Å². The highest BCUT2D eigenvalue weighted by Gasteiger charge is 2.19. The topological polar surface area (TPSA) is 6.48 Å². The first-order chi connectivity index (χ1) is 30.6. The minimum Gasteiger partial charge on any atom is -0.310 e. The lowest BCUT2D eigenvalue weighted by atomic mass is 9.87. The van der Waals surface area contributed by atoms with E-state index in [2.05, 4.69) is 273 Å². The number of benzene rings is 8. The first kappa shape index (κ1) is 43.7. The van der Waals surface area contributed by atoms with Crippen molar-refractivity contribution in [2.45, 2.75) is 80.1 Å². The molecular formula is C62H62N2. The fraction of sp³-hybridized carbons (Fsp3) is 0.194. The summed E-state index contributed by atoms with van der Waals surface area (Å²) in [5, 5.41) is 0. The molecule has 0 unspecified atom stereocenters. The Balaban J connectivity index is 0.960. The standard InChI is InChI=1S/C62H62N2/c1-43-37-44(2)40-59(39-43)63(57-33-25-53(26-34-57)61(5,6)7)55-29-21-51(22-30-55)49-17-13-47(14-18-49)11-12-48-15-19-50(20-16-48)52-23-31-56(32-24-52)64(60-41-45(3)38-46(4)42-60)58-35-27-54(28-36-58)62(8,9)10/h11-42H,1-10H3/b12-11+. The molecule has 2 heteroatoms. The highest BCUT2D eigenvalue weighted by molar-refractivity contribution is 5.81. The number of hydrogen-bond donors (Lipinski definition) is 0. The lowest BCUT2D eigenvalue weighted by molar-refractivity contribution is 0.590. The summed E-state index contributed by atoms with van der Waals surface area (Å²) in [5.74, 6) is 0. The molecule has 0 heterocycles. The summed E-state index contributed by atoms with van der Waals surface area (Å²) in [6.07, 6.45) is 4.39. The average Bonchev–Trinajstić information content (AvgIpc) is 3.26. The molecule has 0 fully saturated rings. The van der Waals surface area contributed by atoms with Crippen LogP contribution in [0.15, 0.2) is 182 Å². The Morgan fingerprint density at radius 2 is 0.516 bits per heavy atom. The third kappa shape index (κ3) is 10.1. The predicted molar refractivity (Wildman–Crippen MR) is 278 cm³/mol. The quantitative estimate of drug-likeness (QED) is 0.127. The van der Waals surface area contributed by atoms with Crippen LogP contribution in [0.4, 0.5) is 34.1 Å². The number of rotatable bonds is 10. The van der Waals surface area contributed by atoms with E-state index in [1.165, 1.54) is 78.1 Å². The minimum atomic E-state index is 0.101. The summed E-state index contributed by atoms with van der Waals surface area (Å²) in [5.41, 5.74) is 21.9. The van der Waals surface area contributed by atoms with Crippen molar-refractivity contribution < 1.29 is 0 Å². The smallest absolute Gasteiger partial charge is 0.0466 e. The van der Waals surface area contributed by atoms with Gasteiger partial charge in [-0.2, -0.15) is 0 Å². The van der Waals surface area contributed by atoms with Crippen LogP contribution in [0, 0.1) is 27.7 Å². The van der Waals surface area contributed by atoms with E-state index in [1.807, 2.05) is 0 Å². The molecule has 0 radical (unpaired) electrons. The van der Waals surface area contributed by atoms with Crippen molar-refractivity contribution in [1.29, 1.82) is 0 Å². The molecule has 0 saturated carbocycles. The molecule has 8 rings (SSSR count). The van der Waals surface area contributed by atoms with Gasteiger partial charge in [0, 0.05) is 34.1 Å². The minimum absolute atomic E-state index is 0.101. The molecule has 0 saturated heterocycles. The van der Waals surface area contributed by atoms with E-state index in [1.54, 1.807) is 0 Å². The zero-order valence-electron chi connectivity index (χ0n) is 39.4. The molecule has 64 heavy (non-hydrogen) atoms. The lowest BCUT2D eigenvalue weighted by Crippen LogP contribution is -2.13. The summed E-state index contributed by atoms with van der Waals surface area (Å²) in [6, 6.07) is 67.2. The second-order valence-electron chi connectivity index (χ2n) is 19.6. The van der Waals surface area contributed by atoms with Gasteiger partial charge in [-0.15, -0.1) is 0 Å². The molecule has 0 aliphatic rings. The van der Waals surface area contributed by atoms with Crippen molar-refractivity contribution in [2.24, 2.45) is 0 Å². The first-order valence-corrected chi connectivity index (χ1v) is 22.6. The molecule has 0 bridgehead atoms. The van der Waals surface area contributed by atoms with Crippen LogP contribution < -0.4 is 9.80 Å². The van der Waals surface area contributed by atoms with Gasteiger partial charge >= 0.3 is 0 Å². The van der Waals surface area contributed by atoms with Crippen LogP contribution in [-0.4, -0.2) is 0 Å². The van der Waals surface area contributed by atoms with Crippen molar-refractivity contribution in [2.75, 3.05) is 9.80 Å².